The lowest BCUT2D eigenvalue weighted by Crippen LogP contribution is -2.14. The van der Waals surface area contributed by atoms with Crippen molar-refractivity contribution >= 4 is 11.6 Å². The summed E-state index contributed by atoms with van der Waals surface area (Å²) in [4.78, 5) is 12.0. The van der Waals surface area contributed by atoms with Crippen LogP contribution < -0.4 is 5.32 Å². The Morgan fingerprint density at radius 3 is 2.72 bits per heavy atom. The molecule has 0 aliphatic carbocycles. The largest absolute Gasteiger partial charge is 0.319 e. The highest BCUT2D eigenvalue weighted by Crippen LogP contribution is 2.16. The molecule has 0 fully saturated rings. The molecule has 94 valence electrons. The Morgan fingerprint density at radius 2 is 2.11 bits per heavy atom. The van der Waals surface area contributed by atoms with Crippen LogP contribution in [0.2, 0.25) is 0 Å². The first-order chi connectivity index (χ1) is 8.49. The van der Waals surface area contributed by atoms with Crippen molar-refractivity contribution < 1.29 is 9.18 Å². The van der Waals surface area contributed by atoms with Crippen molar-refractivity contribution in [3.8, 4) is 0 Å². The molecule has 0 aliphatic heterocycles. The zero-order valence-corrected chi connectivity index (χ0v) is 10.5. The number of rotatable bonds is 2. The van der Waals surface area contributed by atoms with Crippen LogP contribution in [0, 0.1) is 19.7 Å². The van der Waals surface area contributed by atoms with Gasteiger partial charge in [-0.15, -0.1) is 0 Å². The fourth-order valence-corrected chi connectivity index (χ4v) is 1.73. The number of hydrogen-bond donors (Lipinski definition) is 1. The first-order valence-electron chi connectivity index (χ1n) is 5.55. The van der Waals surface area contributed by atoms with Crippen LogP contribution in [-0.2, 0) is 7.05 Å². The number of aromatic nitrogens is 2. The molecular formula is C13H14FN3O. The molecule has 0 aliphatic rings. The van der Waals surface area contributed by atoms with Crippen molar-refractivity contribution in [1.82, 2.24) is 9.78 Å². The van der Waals surface area contributed by atoms with Gasteiger partial charge in [0.05, 0.1) is 16.9 Å². The maximum Gasteiger partial charge on any atom is 0.258 e. The van der Waals surface area contributed by atoms with E-state index in [-0.39, 0.29) is 5.56 Å². The van der Waals surface area contributed by atoms with Crippen LogP contribution in [-0.4, -0.2) is 15.7 Å². The van der Waals surface area contributed by atoms with Gasteiger partial charge in [0.15, 0.2) is 0 Å². The Morgan fingerprint density at radius 1 is 1.39 bits per heavy atom. The van der Waals surface area contributed by atoms with E-state index in [2.05, 4.69) is 10.4 Å². The van der Waals surface area contributed by atoms with Gasteiger partial charge in [-0.3, -0.25) is 9.48 Å². The Hall–Kier alpha value is -2.17. The summed E-state index contributed by atoms with van der Waals surface area (Å²) in [7, 11) is 1.76. The molecule has 4 nitrogen and oxygen atoms in total. The van der Waals surface area contributed by atoms with Crippen LogP contribution in [0.3, 0.4) is 0 Å². The molecule has 1 aromatic heterocycles. The minimum Gasteiger partial charge on any atom is -0.319 e. The van der Waals surface area contributed by atoms with Gasteiger partial charge in [0.1, 0.15) is 5.82 Å². The SMILES string of the molecule is Cc1cccc(C(=O)Nc2cn(C)nc2C)c1F. The molecule has 2 aromatic rings. The Bertz CT molecular complexity index is 604. The summed E-state index contributed by atoms with van der Waals surface area (Å²) >= 11 is 0. The third-order valence-corrected chi connectivity index (χ3v) is 2.70. The van der Waals surface area contributed by atoms with Gasteiger partial charge in [-0.05, 0) is 25.5 Å². The van der Waals surface area contributed by atoms with Gasteiger partial charge < -0.3 is 5.32 Å². The van der Waals surface area contributed by atoms with Gasteiger partial charge in [0, 0.05) is 13.2 Å². The van der Waals surface area contributed by atoms with E-state index in [0.717, 1.165) is 0 Å². The summed E-state index contributed by atoms with van der Waals surface area (Å²) < 4.78 is 15.4. The lowest BCUT2D eigenvalue weighted by molar-refractivity contribution is 0.102. The van der Waals surface area contributed by atoms with Crippen LogP contribution in [0.25, 0.3) is 0 Å². The van der Waals surface area contributed by atoms with Gasteiger partial charge in [-0.1, -0.05) is 12.1 Å². The van der Waals surface area contributed by atoms with Crippen molar-refractivity contribution in [3.05, 3.63) is 47.0 Å². The predicted molar refractivity (Wildman–Crippen MR) is 67.0 cm³/mol. The van der Waals surface area contributed by atoms with E-state index in [0.29, 0.717) is 16.9 Å². The molecule has 2 rings (SSSR count). The second-order valence-corrected chi connectivity index (χ2v) is 4.19. The van der Waals surface area contributed by atoms with Crippen molar-refractivity contribution in [2.24, 2.45) is 7.05 Å². The summed E-state index contributed by atoms with van der Waals surface area (Å²) in [6, 6.07) is 4.74. The van der Waals surface area contributed by atoms with E-state index in [1.165, 1.54) is 6.07 Å². The number of nitrogens with one attached hydrogen (secondary N) is 1. The van der Waals surface area contributed by atoms with E-state index < -0.39 is 11.7 Å². The molecular weight excluding hydrogens is 233 g/mol. The minimum atomic E-state index is -0.489. The second-order valence-electron chi connectivity index (χ2n) is 4.19. The van der Waals surface area contributed by atoms with Crippen LogP contribution in [0.5, 0.6) is 0 Å². The molecule has 1 aromatic carbocycles. The number of carbonyl (C=O) groups excluding carboxylic acids is 1. The Kier molecular flexibility index (Phi) is 3.14. The molecule has 1 N–H and O–H groups in total. The van der Waals surface area contributed by atoms with Crippen molar-refractivity contribution in [2.45, 2.75) is 13.8 Å². The topological polar surface area (TPSA) is 46.9 Å². The van der Waals surface area contributed by atoms with E-state index in [9.17, 15) is 9.18 Å². The number of aryl methyl sites for hydroxylation is 3. The van der Waals surface area contributed by atoms with E-state index in [1.54, 1.807) is 43.9 Å². The zero-order valence-electron chi connectivity index (χ0n) is 10.5. The fraction of sp³-hybridized carbons (Fsp3) is 0.231. The molecule has 0 saturated heterocycles. The van der Waals surface area contributed by atoms with Crippen molar-refractivity contribution in [3.63, 3.8) is 0 Å². The summed E-state index contributed by atoms with van der Waals surface area (Å²) in [6.07, 6.45) is 1.68. The molecule has 0 bridgehead atoms. The molecule has 0 spiro atoms. The van der Waals surface area contributed by atoms with Crippen LogP contribution in [0.15, 0.2) is 24.4 Å². The quantitative estimate of drug-likeness (QED) is 0.886. The molecule has 0 radical (unpaired) electrons. The minimum absolute atomic E-state index is 0.0400. The molecule has 0 atom stereocenters. The molecule has 5 heteroatoms. The number of hydrogen-bond acceptors (Lipinski definition) is 2. The monoisotopic (exact) mass is 247 g/mol. The summed E-state index contributed by atoms with van der Waals surface area (Å²) in [5, 5.41) is 6.76. The Balaban J connectivity index is 2.27. The van der Waals surface area contributed by atoms with E-state index in [4.69, 9.17) is 0 Å². The maximum absolute atomic E-state index is 13.8. The van der Waals surface area contributed by atoms with Crippen LogP contribution in [0.1, 0.15) is 21.6 Å². The first kappa shape index (κ1) is 12.3. The van der Waals surface area contributed by atoms with Gasteiger partial charge in [-0.25, -0.2) is 4.39 Å². The normalized spacial score (nSPS) is 10.4. The number of carbonyl (C=O) groups is 1. The van der Waals surface area contributed by atoms with Gasteiger partial charge in [-0.2, -0.15) is 5.10 Å². The van der Waals surface area contributed by atoms with E-state index >= 15 is 0 Å². The average molecular weight is 247 g/mol. The highest BCUT2D eigenvalue weighted by molar-refractivity contribution is 6.04. The lowest BCUT2D eigenvalue weighted by Gasteiger charge is -2.06. The van der Waals surface area contributed by atoms with Crippen molar-refractivity contribution in [1.29, 1.82) is 0 Å². The van der Waals surface area contributed by atoms with Crippen molar-refractivity contribution in [2.75, 3.05) is 5.32 Å². The third-order valence-electron chi connectivity index (χ3n) is 2.70. The second kappa shape index (κ2) is 4.60. The van der Waals surface area contributed by atoms with Gasteiger partial charge >= 0.3 is 0 Å². The number of halogens is 1. The average Bonchev–Trinajstić information content (AvgIpc) is 2.61. The molecule has 0 saturated carbocycles. The number of benzene rings is 1. The highest BCUT2D eigenvalue weighted by atomic mass is 19.1. The highest BCUT2D eigenvalue weighted by Gasteiger charge is 2.15. The molecule has 1 amide bonds. The number of amides is 1. The summed E-state index contributed by atoms with van der Waals surface area (Å²) in [5.74, 6) is -0.955. The molecule has 18 heavy (non-hydrogen) atoms. The summed E-state index contributed by atoms with van der Waals surface area (Å²) in [5.41, 5.74) is 1.77. The lowest BCUT2D eigenvalue weighted by atomic mass is 10.1. The van der Waals surface area contributed by atoms with E-state index in [1.807, 2.05) is 0 Å². The van der Waals surface area contributed by atoms with Crippen LogP contribution in [0.4, 0.5) is 10.1 Å². The number of anilines is 1. The standard InChI is InChI=1S/C13H14FN3O/c1-8-5-4-6-10(12(8)14)13(18)15-11-7-17(3)16-9(11)2/h4-7H,1-3H3,(H,15,18). The zero-order chi connectivity index (χ0) is 13.3. The molecule has 0 unspecified atom stereocenters. The fourth-order valence-electron chi connectivity index (χ4n) is 1.73. The number of nitrogens with zero attached hydrogens (tertiary/aromatic N) is 2. The van der Waals surface area contributed by atoms with Gasteiger partial charge in [0.2, 0.25) is 0 Å². The maximum atomic E-state index is 13.8. The van der Waals surface area contributed by atoms with Gasteiger partial charge in [0.25, 0.3) is 5.91 Å². The third kappa shape index (κ3) is 2.25. The van der Waals surface area contributed by atoms with Crippen LogP contribution >= 0.6 is 0 Å². The summed E-state index contributed by atoms with van der Waals surface area (Å²) in [6.45, 7) is 3.41. The predicted octanol–water partition coefficient (Wildman–Crippen LogP) is 2.43. The first-order valence-corrected chi connectivity index (χ1v) is 5.55. The molecule has 1 heterocycles. The Labute approximate surface area is 104 Å². The smallest absolute Gasteiger partial charge is 0.258 e.